The average molecular weight is 211 g/mol. The minimum atomic E-state index is -0.110. The van der Waals surface area contributed by atoms with Crippen LogP contribution in [0.15, 0.2) is 18.2 Å². The van der Waals surface area contributed by atoms with Crippen LogP contribution < -0.4 is 5.32 Å². The molecule has 0 aliphatic carbocycles. The van der Waals surface area contributed by atoms with Crippen molar-refractivity contribution >= 4 is 0 Å². The maximum atomic E-state index is 9.59. The average Bonchev–Trinajstić information content (AvgIpc) is 2.18. The van der Waals surface area contributed by atoms with Crippen molar-refractivity contribution in [2.24, 2.45) is 0 Å². The SMILES string of the molecule is COCCNC(C)c1c(O)cccc1O. The van der Waals surface area contributed by atoms with Crippen LogP contribution in [0.1, 0.15) is 18.5 Å². The van der Waals surface area contributed by atoms with Crippen molar-refractivity contribution in [3.63, 3.8) is 0 Å². The topological polar surface area (TPSA) is 61.7 Å². The van der Waals surface area contributed by atoms with Gasteiger partial charge in [-0.25, -0.2) is 0 Å². The van der Waals surface area contributed by atoms with E-state index in [2.05, 4.69) is 5.32 Å². The molecular formula is C11H17NO3. The molecule has 0 aromatic heterocycles. The Labute approximate surface area is 89.5 Å². The quantitative estimate of drug-likeness (QED) is 0.644. The fourth-order valence-corrected chi connectivity index (χ4v) is 1.46. The van der Waals surface area contributed by atoms with Gasteiger partial charge < -0.3 is 20.3 Å². The van der Waals surface area contributed by atoms with Crippen LogP contribution in [0, 0.1) is 0 Å². The summed E-state index contributed by atoms with van der Waals surface area (Å²) in [5.74, 6) is 0.208. The Hall–Kier alpha value is -1.26. The van der Waals surface area contributed by atoms with Gasteiger partial charge in [-0.3, -0.25) is 0 Å². The minimum absolute atomic E-state index is 0.104. The zero-order valence-electron chi connectivity index (χ0n) is 9.03. The van der Waals surface area contributed by atoms with Gasteiger partial charge in [0.2, 0.25) is 0 Å². The first-order valence-electron chi connectivity index (χ1n) is 4.90. The molecule has 1 aromatic rings. The minimum Gasteiger partial charge on any atom is -0.507 e. The molecule has 0 aliphatic heterocycles. The van der Waals surface area contributed by atoms with Crippen molar-refractivity contribution in [3.8, 4) is 11.5 Å². The van der Waals surface area contributed by atoms with E-state index in [1.165, 1.54) is 0 Å². The highest BCUT2D eigenvalue weighted by molar-refractivity contribution is 5.44. The maximum absolute atomic E-state index is 9.59. The predicted octanol–water partition coefficient (Wildman–Crippen LogP) is 1.39. The van der Waals surface area contributed by atoms with Crippen LogP contribution >= 0.6 is 0 Å². The van der Waals surface area contributed by atoms with Crippen LogP contribution in [0.25, 0.3) is 0 Å². The summed E-state index contributed by atoms with van der Waals surface area (Å²) < 4.78 is 4.90. The summed E-state index contributed by atoms with van der Waals surface area (Å²) in [5.41, 5.74) is 0.522. The van der Waals surface area contributed by atoms with Gasteiger partial charge in [0.15, 0.2) is 0 Å². The van der Waals surface area contributed by atoms with Gasteiger partial charge in [0.05, 0.1) is 12.2 Å². The highest BCUT2D eigenvalue weighted by Gasteiger charge is 2.13. The van der Waals surface area contributed by atoms with Crippen molar-refractivity contribution in [3.05, 3.63) is 23.8 Å². The van der Waals surface area contributed by atoms with Crippen molar-refractivity contribution in [2.75, 3.05) is 20.3 Å². The molecule has 0 heterocycles. The van der Waals surface area contributed by atoms with E-state index < -0.39 is 0 Å². The molecule has 1 atom stereocenters. The molecule has 1 aromatic carbocycles. The van der Waals surface area contributed by atoms with Crippen molar-refractivity contribution < 1.29 is 14.9 Å². The molecular weight excluding hydrogens is 194 g/mol. The van der Waals surface area contributed by atoms with Gasteiger partial charge in [-0.05, 0) is 19.1 Å². The van der Waals surface area contributed by atoms with Gasteiger partial charge in [-0.2, -0.15) is 0 Å². The molecule has 0 aliphatic rings. The second kappa shape index (κ2) is 5.58. The predicted molar refractivity (Wildman–Crippen MR) is 58.1 cm³/mol. The van der Waals surface area contributed by atoms with Gasteiger partial charge >= 0.3 is 0 Å². The fraction of sp³-hybridized carbons (Fsp3) is 0.455. The summed E-state index contributed by atoms with van der Waals surface area (Å²) in [6.07, 6.45) is 0. The van der Waals surface area contributed by atoms with Crippen LogP contribution in [0.3, 0.4) is 0 Å². The highest BCUT2D eigenvalue weighted by Crippen LogP contribution is 2.31. The van der Waals surface area contributed by atoms with E-state index >= 15 is 0 Å². The van der Waals surface area contributed by atoms with E-state index in [0.717, 1.165) is 0 Å². The number of hydrogen-bond donors (Lipinski definition) is 3. The lowest BCUT2D eigenvalue weighted by Crippen LogP contribution is -2.22. The third kappa shape index (κ3) is 3.11. The van der Waals surface area contributed by atoms with Crippen LogP contribution in [-0.4, -0.2) is 30.5 Å². The zero-order chi connectivity index (χ0) is 11.3. The first-order valence-corrected chi connectivity index (χ1v) is 4.90. The number of phenols is 2. The van der Waals surface area contributed by atoms with E-state index in [-0.39, 0.29) is 17.5 Å². The normalized spacial score (nSPS) is 12.7. The standard InChI is InChI=1S/C11H17NO3/c1-8(12-6-7-15-2)11-9(13)4-3-5-10(11)14/h3-5,8,12-14H,6-7H2,1-2H3. The third-order valence-electron chi connectivity index (χ3n) is 2.25. The number of hydrogen-bond acceptors (Lipinski definition) is 4. The molecule has 1 unspecified atom stereocenters. The first kappa shape index (κ1) is 11.8. The third-order valence-corrected chi connectivity index (χ3v) is 2.25. The van der Waals surface area contributed by atoms with Crippen LogP contribution in [0.2, 0.25) is 0 Å². The number of ether oxygens (including phenoxy) is 1. The molecule has 4 nitrogen and oxygen atoms in total. The zero-order valence-corrected chi connectivity index (χ0v) is 9.03. The lowest BCUT2D eigenvalue weighted by Gasteiger charge is -2.16. The van der Waals surface area contributed by atoms with Crippen molar-refractivity contribution in [1.29, 1.82) is 0 Å². The second-order valence-corrected chi connectivity index (χ2v) is 3.38. The van der Waals surface area contributed by atoms with Gasteiger partial charge in [-0.1, -0.05) is 6.07 Å². The lowest BCUT2D eigenvalue weighted by molar-refractivity contribution is 0.196. The molecule has 0 saturated carbocycles. The Morgan fingerprint density at radius 1 is 1.33 bits per heavy atom. The summed E-state index contributed by atoms with van der Waals surface area (Å²) in [4.78, 5) is 0. The van der Waals surface area contributed by atoms with Gasteiger partial charge in [-0.15, -0.1) is 0 Å². The fourth-order valence-electron chi connectivity index (χ4n) is 1.46. The number of rotatable bonds is 5. The van der Waals surface area contributed by atoms with E-state index in [9.17, 15) is 10.2 Å². The van der Waals surface area contributed by atoms with Gasteiger partial charge in [0, 0.05) is 19.7 Å². The summed E-state index contributed by atoms with van der Waals surface area (Å²) >= 11 is 0. The van der Waals surface area contributed by atoms with E-state index in [1.807, 2.05) is 6.92 Å². The molecule has 4 heteroatoms. The number of methoxy groups -OCH3 is 1. The Bertz CT molecular complexity index is 294. The summed E-state index contributed by atoms with van der Waals surface area (Å²) in [7, 11) is 1.63. The maximum Gasteiger partial charge on any atom is 0.124 e. The van der Waals surface area contributed by atoms with Crippen LogP contribution in [-0.2, 0) is 4.74 Å². The number of aromatic hydroxyl groups is 2. The monoisotopic (exact) mass is 211 g/mol. The summed E-state index contributed by atoms with van der Waals surface area (Å²) in [6, 6.07) is 4.62. The molecule has 0 amide bonds. The molecule has 0 saturated heterocycles. The summed E-state index contributed by atoms with van der Waals surface area (Å²) in [6.45, 7) is 3.15. The molecule has 3 N–H and O–H groups in total. The van der Waals surface area contributed by atoms with Crippen molar-refractivity contribution in [2.45, 2.75) is 13.0 Å². The Balaban J connectivity index is 2.68. The summed E-state index contributed by atoms with van der Waals surface area (Å²) in [5, 5.41) is 22.3. The lowest BCUT2D eigenvalue weighted by atomic mass is 10.1. The van der Waals surface area contributed by atoms with E-state index in [0.29, 0.717) is 18.7 Å². The van der Waals surface area contributed by atoms with Crippen LogP contribution in [0.5, 0.6) is 11.5 Å². The molecule has 15 heavy (non-hydrogen) atoms. The first-order chi connectivity index (χ1) is 7.16. The molecule has 0 bridgehead atoms. The van der Waals surface area contributed by atoms with E-state index in [4.69, 9.17) is 4.74 Å². The smallest absolute Gasteiger partial charge is 0.124 e. The van der Waals surface area contributed by atoms with Crippen molar-refractivity contribution in [1.82, 2.24) is 5.32 Å². The number of phenolic OH excluding ortho intramolecular Hbond substituents is 2. The molecule has 1 rings (SSSR count). The molecule has 0 spiro atoms. The largest absolute Gasteiger partial charge is 0.507 e. The second-order valence-electron chi connectivity index (χ2n) is 3.38. The molecule has 84 valence electrons. The highest BCUT2D eigenvalue weighted by atomic mass is 16.5. The molecule has 0 radical (unpaired) electrons. The Kier molecular flexibility index (Phi) is 4.39. The number of benzene rings is 1. The van der Waals surface area contributed by atoms with Gasteiger partial charge in [0.25, 0.3) is 0 Å². The number of nitrogens with one attached hydrogen (secondary N) is 1. The van der Waals surface area contributed by atoms with Gasteiger partial charge in [0.1, 0.15) is 11.5 Å². The van der Waals surface area contributed by atoms with E-state index in [1.54, 1.807) is 25.3 Å². The molecule has 0 fully saturated rings. The Morgan fingerprint density at radius 3 is 2.47 bits per heavy atom. The Morgan fingerprint density at radius 2 is 1.93 bits per heavy atom. The van der Waals surface area contributed by atoms with Crippen LogP contribution in [0.4, 0.5) is 0 Å².